The monoisotopic (exact) mass is 278 g/mol. The first-order chi connectivity index (χ1) is 9.48. The van der Waals surface area contributed by atoms with Gasteiger partial charge in [-0.1, -0.05) is 48.5 Å². The normalized spacial score (nSPS) is 11.2. The molecule has 1 amide bonds. The molecule has 0 heterocycles. The van der Waals surface area contributed by atoms with Gasteiger partial charge in [-0.3, -0.25) is 4.79 Å². The van der Waals surface area contributed by atoms with E-state index < -0.39 is 12.1 Å². The summed E-state index contributed by atoms with van der Waals surface area (Å²) in [6, 6.07) is 16.4. The van der Waals surface area contributed by atoms with Crippen LogP contribution in [0.4, 0.5) is 18.9 Å². The second kappa shape index (κ2) is 5.77. The number of halogens is 3. The number of anilines is 1. The number of para-hydroxylation sites is 1. The number of alkyl halides is 3. The molecule has 0 atom stereocenters. The molecule has 0 saturated carbocycles. The maximum atomic E-state index is 12.7. The highest BCUT2D eigenvalue weighted by molar-refractivity contribution is 5.97. The van der Waals surface area contributed by atoms with Gasteiger partial charge in [-0.15, -0.1) is 0 Å². The van der Waals surface area contributed by atoms with Crippen molar-refractivity contribution < 1.29 is 18.0 Å². The summed E-state index contributed by atoms with van der Waals surface area (Å²) in [5.74, 6) is -1.87. The van der Waals surface area contributed by atoms with Crippen molar-refractivity contribution in [3.05, 3.63) is 66.2 Å². The molecule has 0 saturated heterocycles. The van der Waals surface area contributed by atoms with Crippen molar-refractivity contribution in [1.29, 1.82) is 0 Å². The number of nitrogens with zero attached hydrogens (tertiary/aromatic N) is 1. The molecule has 104 valence electrons. The first kappa shape index (κ1) is 14.1. The smallest absolute Gasteiger partial charge is 0.300 e. The fraction of sp³-hybridized carbons (Fsp3) is 0.133. The van der Waals surface area contributed by atoms with Crippen LogP contribution in [0.5, 0.6) is 0 Å². The molecule has 0 aliphatic heterocycles. The minimum atomic E-state index is -4.90. The van der Waals surface area contributed by atoms with Crippen LogP contribution in [0.25, 0.3) is 0 Å². The van der Waals surface area contributed by atoms with Crippen molar-refractivity contribution in [2.24, 2.45) is 0 Å². The van der Waals surface area contributed by atoms with Crippen molar-refractivity contribution >= 4 is 11.6 Å². The standard InChI is InChI=1S/C15H12F3NO/c16-15(17,18)14(20)19(13-9-5-2-6-10-13)11-12-7-3-1-4-8-12/h1-10H,11H2/i16-1. The zero-order chi connectivity index (χ0) is 14.6. The molecule has 20 heavy (non-hydrogen) atoms. The van der Waals surface area contributed by atoms with Gasteiger partial charge in [0.1, 0.15) is 0 Å². The molecule has 5 heteroatoms. The van der Waals surface area contributed by atoms with E-state index in [1.165, 1.54) is 12.1 Å². The summed E-state index contributed by atoms with van der Waals surface area (Å²) in [6.07, 6.45) is -4.90. The highest BCUT2D eigenvalue weighted by Crippen LogP contribution is 2.25. The van der Waals surface area contributed by atoms with Crippen LogP contribution < -0.4 is 4.90 Å². The van der Waals surface area contributed by atoms with E-state index in [4.69, 9.17) is 0 Å². The number of rotatable bonds is 3. The Hall–Kier alpha value is -2.30. The van der Waals surface area contributed by atoms with E-state index in [9.17, 15) is 18.0 Å². The van der Waals surface area contributed by atoms with Gasteiger partial charge in [0.25, 0.3) is 0 Å². The van der Waals surface area contributed by atoms with Crippen molar-refractivity contribution in [3.8, 4) is 0 Å². The van der Waals surface area contributed by atoms with E-state index >= 15 is 0 Å². The molecule has 0 aliphatic rings. The highest BCUT2D eigenvalue weighted by atomic mass is 19.3. The molecular formula is C15H12F3NO. The van der Waals surface area contributed by atoms with Gasteiger partial charge in [-0.05, 0) is 17.7 Å². The predicted octanol–water partition coefficient (Wildman–Crippen LogP) is 3.78. The molecule has 2 nitrogen and oxygen atoms in total. The lowest BCUT2D eigenvalue weighted by Gasteiger charge is -2.24. The number of amides is 1. The molecule has 0 spiro atoms. The molecule has 0 bridgehead atoms. The number of carbonyl (C=O) groups is 1. The number of hydrogen-bond donors (Lipinski definition) is 0. The summed E-state index contributed by atoms with van der Waals surface area (Å²) in [5, 5.41) is 0. The average molecular weight is 278 g/mol. The maximum Gasteiger partial charge on any atom is 0.471 e. The molecule has 0 radical (unpaired) electrons. The van der Waals surface area contributed by atoms with Crippen molar-refractivity contribution in [2.45, 2.75) is 12.7 Å². The number of benzene rings is 2. The van der Waals surface area contributed by atoms with Gasteiger partial charge in [-0.25, -0.2) is 0 Å². The molecule has 2 aromatic rings. The summed E-state index contributed by atoms with van der Waals surface area (Å²) in [7, 11) is 0. The third-order valence-corrected chi connectivity index (χ3v) is 2.74. The molecule has 2 aromatic carbocycles. The van der Waals surface area contributed by atoms with Gasteiger partial charge in [0, 0.05) is 5.69 Å². The number of carbonyl (C=O) groups excluding carboxylic acids is 1. The van der Waals surface area contributed by atoms with Crippen LogP contribution in [-0.2, 0) is 11.3 Å². The third kappa shape index (κ3) is 3.38. The van der Waals surface area contributed by atoms with Crippen LogP contribution in [0, 0.1) is 0 Å². The van der Waals surface area contributed by atoms with Gasteiger partial charge in [0.15, 0.2) is 0 Å². The lowest BCUT2D eigenvalue weighted by molar-refractivity contribution is -0.170. The quantitative estimate of drug-likeness (QED) is 0.836. The first-order valence-corrected chi connectivity index (χ1v) is 5.96. The summed E-state index contributed by atoms with van der Waals surface area (Å²) in [6.45, 7) is -0.122. The van der Waals surface area contributed by atoms with E-state index in [1.807, 2.05) is 0 Å². The van der Waals surface area contributed by atoms with E-state index in [1.54, 1.807) is 48.5 Å². The van der Waals surface area contributed by atoms with Crippen LogP contribution in [0.1, 0.15) is 5.56 Å². The number of hydrogen-bond acceptors (Lipinski definition) is 1. The van der Waals surface area contributed by atoms with Crippen molar-refractivity contribution in [1.82, 2.24) is 0 Å². The summed E-state index contributed by atoms with van der Waals surface area (Å²) in [4.78, 5) is 12.3. The molecule has 0 unspecified atom stereocenters. The van der Waals surface area contributed by atoms with E-state index in [0.29, 0.717) is 5.56 Å². The Morgan fingerprint density at radius 3 is 1.90 bits per heavy atom. The second-order valence-electron chi connectivity index (χ2n) is 4.21. The lowest BCUT2D eigenvalue weighted by atomic mass is 10.2. The van der Waals surface area contributed by atoms with E-state index in [-0.39, 0.29) is 12.2 Å². The lowest BCUT2D eigenvalue weighted by Crippen LogP contribution is -2.40. The van der Waals surface area contributed by atoms with Crippen LogP contribution in [0.3, 0.4) is 0 Å². The second-order valence-corrected chi connectivity index (χ2v) is 4.21. The molecule has 2 rings (SSSR count). The van der Waals surface area contributed by atoms with Gasteiger partial charge >= 0.3 is 12.1 Å². The minimum Gasteiger partial charge on any atom is -0.300 e. The Morgan fingerprint density at radius 2 is 1.40 bits per heavy atom. The molecular weight excluding hydrogens is 266 g/mol. The van der Waals surface area contributed by atoms with Gasteiger partial charge < -0.3 is 4.90 Å². The first-order valence-electron chi connectivity index (χ1n) is 5.96. The molecule has 0 fully saturated rings. The van der Waals surface area contributed by atoms with Gasteiger partial charge in [-0.2, -0.15) is 13.2 Å². The molecule has 0 aromatic heterocycles. The summed E-state index contributed by atoms with van der Waals surface area (Å²) < 4.78 is 38.1. The Bertz CT molecular complexity index is 567. The Kier molecular flexibility index (Phi) is 4.08. The van der Waals surface area contributed by atoms with Gasteiger partial charge in [0.05, 0.1) is 6.54 Å². The summed E-state index contributed by atoms with van der Waals surface area (Å²) >= 11 is 0. The van der Waals surface area contributed by atoms with E-state index in [0.717, 1.165) is 4.90 Å². The zero-order valence-electron chi connectivity index (χ0n) is 10.5. The summed E-state index contributed by atoms with van der Waals surface area (Å²) in [5.41, 5.74) is 0.854. The highest BCUT2D eigenvalue weighted by Gasteiger charge is 2.43. The van der Waals surface area contributed by atoms with Crippen molar-refractivity contribution in [3.63, 3.8) is 0 Å². The van der Waals surface area contributed by atoms with Crippen LogP contribution in [0.15, 0.2) is 60.7 Å². The third-order valence-electron chi connectivity index (χ3n) is 2.74. The van der Waals surface area contributed by atoms with Crippen LogP contribution in [-0.4, -0.2) is 12.1 Å². The fourth-order valence-electron chi connectivity index (χ4n) is 1.81. The van der Waals surface area contributed by atoms with Gasteiger partial charge in [0.2, 0.25) is 0 Å². The SMILES string of the molecule is O=C(N(Cc1ccccc1)c1ccccc1)C(F)(F)[18F]. The Balaban J connectivity index is 2.33. The van der Waals surface area contributed by atoms with Crippen LogP contribution >= 0.6 is 0 Å². The molecule has 0 N–H and O–H groups in total. The average Bonchev–Trinajstić information content (AvgIpc) is 2.45. The Morgan fingerprint density at radius 1 is 0.900 bits per heavy atom. The fourth-order valence-corrected chi connectivity index (χ4v) is 1.81. The minimum absolute atomic E-state index is 0.122. The van der Waals surface area contributed by atoms with Crippen molar-refractivity contribution in [2.75, 3.05) is 4.90 Å². The zero-order valence-corrected chi connectivity index (χ0v) is 10.5. The topological polar surface area (TPSA) is 20.3 Å². The predicted molar refractivity (Wildman–Crippen MR) is 70.1 cm³/mol. The van der Waals surface area contributed by atoms with E-state index in [2.05, 4.69) is 0 Å². The van der Waals surface area contributed by atoms with Crippen LogP contribution in [0.2, 0.25) is 0 Å². The molecule has 0 aliphatic carbocycles. The largest absolute Gasteiger partial charge is 0.471 e. The Labute approximate surface area is 114 Å². The maximum absolute atomic E-state index is 12.7.